The molecule has 0 aromatic rings. The van der Waals surface area contributed by atoms with Gasteiger partial charge in [0.2, 0.25) is 0 Å². The van der Waals surface area contributed by atoms with E-state index < -0.39 is 0 Å². The van der Waals surface area contributed by atoms with Crippen LogP contribution in [0.2, 0.25) is 0 Å². The van der Waals surface area contributed by atoms with E-state index in [1.54, 1.807) is 0 Å². The fourth-order valence-corrected chi connectivity index (χ4v) is 2.42. The number of hydrogen-bond acceptors (Lipinski definition) is 3. The van der Waals surface area contributed by atoms with Crippen LogP contribution in [0.5, 0.6) is 0 Å². The van der Waals surface area contributed by atoms with Crippen LogP contribution in [0.3, 0.4) is 0 Å². The first-order valence-corrected chi connectivity index (χ1v) is 6.01. The minimum absolute atomic E-state index is 0.120. The van der Waals surface area contributed by atoms with Crippen molar-refractivity contribution < 1.29 is 4.79 Å². The quantitative estimate of drug-likeness (QED) is 0.738. The van der Waals surface area contributed by atoms with E-state index in [1.165, 1.54) is 0 Å². The standard InChI is InChI=1S/C12H24N2O/c1-9(2)11(15)12(14-10(3)4)5-7-13-8-6-12/h9-10,13-14H,5-8H2,1-4H3. The number of piperidine rings is 1. The lowest BCUT2D eigenvalue weighted by Gasteiger charge is -2.40. The molecule has 0 spiro atoms. The van der Waals surface area contributed by atoms with E-state index >= 15 is 0 Å². The molecular weight excluding hydrogens is 188 g/mol. The van der Waals surface area contributed by atoms with Gasteiger partial charge in [0.25, 0.3) is 0 Å². The van der Waals surface area contributed by atoms with Gasteiger partial charge in [-0.05, 0) is 39.8 Å². The summed E-state index contributed by atoms with van der Waals surface area (Å²) in [6.45, 7) is 10.1. The fraction of sp³-hybridized carbons (Fsp3) is 0.917. The van der Waals surface area contributed by atoms with Crippen molar-refractivity contribution in [3.8, 4) is 0 Å². The van der Waals surface area contributed by atoms with Crippen LogP contribution in [0.15, 0.2) is 0 Å². The van der Waals surface area contributed by atoms with Crippen molar-refractivity contribution >= 4 is 5.78 Å². The Labute approximate surface area is 93.0 Å². The van der Waals surface area contributed by atoms with E-state index in [-0.39, 0.29) is 11.5 Å². The van der Waals surface area contributed by atoms with Crippen molar-refractivity contribution in [2.24, 2.45) is 5.92 Å². The molecule has 0 radical (unpaired) electrons. The lowest BCUT2D eigenvalue weighted by atomic mass is 9.79. The Kier molecular flexibility index (Phi) is 4.29. The van der Waals surface area contributed by atoms with Crippen molar-refractivity contribution in [2.75, 3.05) is 13.1 Å². The van der Waals surface area contributed by atoms with Crippen LogP contribution in [0, 0.1) is 5.92 Å². The van der Waals surface area contributed by atoms with Crippen LogP contribution in [0.4, 0.5) is 0 Å². The Bertz CT molecular complexity index is 218. The zero-order chi connectivity index (χ0) is 11.5. The second-order valence-corrected chi connectivity index (χ2v) is 5.15. The maximum absolute atomic E-state index is 12.3. The summed E-state index contributed by atoms with van der Waals surface area (Å²) in [5, 5.41) is 6.80. The highest BCUT2D eigenvalue weighted by molar-refractivity contribution is 5.90. The van der Waals surface area contributed by atoms with Gasteiger partial charge in [-0.1, -0.05) is 13.8 Å². The van der Waals surface area contributed by atoms with Gasteiger partial charge in [-0.25, -0.2) is 0 Å². The molecule has 1 aliphatic rings. The van der Waals surface area contributed by atoms with Crippen molar-refractivity contribution in [1.29, 1.82) is 0 Å². The number of carbonyl (C=O) groups is 1. The largest absolute Gasteiger partial charge is 0.317 e. The van der Waals surface area contributed by atoms with Crippen LogP contribution in [-0.4, -0.2) is 30.5 Å². The number of rotatable bonds is 4. The lowest BCUT2D eigenvalue weighted by Crippen LogP contribution is -2.60. The van der Waals surface area contributed by atoms with Gasteiger partial charge in [0, 0.05) is 12.0 Å². The summed E-state index contributed by atoms with van der Waals surface area (Å²) in [7, 11) is 0. The highest BCUT2D eigenvalue weighted by Gasteiger charge is 2.40. The van der Waals surface area contributed by atoms with Gasteiger partial charge in [-0.2, -0.15) is 0 Å². The first kappa shape index (κ1) is 12.7. The molecular formula is C12H24N2O. The predicted octanol–water partition coefficient (Wildman–Crippen LogP) is 1.33. The maximum Gasteiger partial charge on any atom is 0.155 e. The maximum atomic E-state index is 12.3. The minimum atomic E-state index is -0.270. The zero-order valence-corrected chi connectivity index (χ0v) is 10.4. The molecule has 0 unspecified atom stereocenters. The number of ketones is 1. The summed E-state index contributed by atoms with van der Waals surface area (Å²) in [6, 6.07) is 0.366. The second kappa shape index (κ2) is 5.08. The Morgan fingerprint density at radius 1 is 1.20 bits per heavy atom. The third-order valence-corrected chi connectivity index (χ3v) is 3.02. The SMILES string of the molecule is CC(C)NC1(C(=O)C(C)C)CCNCC1. The van der Waals surface area contributed by atoms with Gasteiger partial charge in [-0.3, -0.25) is 4.79 Å². The molecule has 0 aromatic heterocycles. The Morgan fingerprint density at radius 3 is 2.13 bits per heavy atom. The van der Waals surface area contributed by atoms with E-state index in [0.29, 0.717) is 11.8 Å². The third-order valence-electron chi connectivity index (χ3n) is 3.02. The van der Waals surface area contributed by atoms with Crippen LogP contribution in [0.25, 0.3) is 0 Å². The highest BCUT2D eigenvalue weighted by atomic mass is 16.1. The van der Waals surface area contributed by atoms with Gasteiger partial charge >= 0.3 is 0 Å². The van der Waals surface area contributed by atoms with Gasteiger partial charge in [0.05, 0.1) is 5.54 Å². The number of nitrogens with one attached hydrogen (secondary N) is 2. The molecule has 0 amide bonds. The number of carbonyl (C=O) groups excluding carboxylic acids is 1. The molecule has 0 bridgehead atoms. The molecule has 1 aliphatic heterocycles. The zero-order valence-electron chi connectivity index (χ0n) is 10.4. The van der Waals surface area contributed by atoms with Crippen molar-refractivity contribution in [3.63, 3.8) is 0 Å². The molecule has 3 nitrogen and oxygen atoms in total. The van der Waals surface area contributed by atoms with Gasteiger partial charge in [0.15, 0.2) is 5.78 Å². The summed E-state index contributed by atoms with van der Waals surface area (Å²) in [5.74, 6) is 0.493. The molecule has 1 rings (SSSR count). The molecule has 0 atom stereocenters. The van der Waals surface area contributed by atoms with Gasteiger partial charge in [-0.15, -0.1) is 0 Å². The number of hydrogen-bond donors (Lipinski definition) is 2. The summed E-state index contributed by atoms with van der Waals surface area (Å²) in [4.78, 5) is 12.3. The third kappa shape index (κ3) is 3.02. The fourth-order valence-electron chi connectivity index (χ4n) is 2.42. The molecule has 88 valence electrons. The summed E-state index contributed by atoms with van der Waals surface area (Å²) < 4.78 is 0. The number of Topliss-reactive ketones (excluding diaryl/α,β-unsaturated/α-hetero) is 1. The molecule has 1 fully saturated rings. The molecule has 0 aliphatic carbocycles. The van der Waals surface area contributed by atoms with E-state index in [1.807, 2.05) is 13.8 Å². The normalized spacial score (nSPS) is 20.9. The molecule has 1 heterocycles. The first-order valence-electron chi connectivity index (χ1n) is 6.01. The highest BCUT2D eigenvalue weighted by Crippen LogP contribution is 2.23. The van der Waals surface area contributed by atoms with E-state index in [4.69, 9.17) is 0 Å². The van der Waals surface area contributed by atoms with E-state index in [2.05, 4.69) is 24.5 Å². The minimum Gasteiger partial charge on any atom is -0.317 e. The van der Waals surface area contributed by atoms with Gasteiger partial charge in [0.1, 0.15) is 0 Å². The average Bonchev–Trinajstić information content (AvgIpc) is 2.16. The Hall–Kier alpha value is -0.410. The molecule has 15 heavy (non-hydrogen) atoms. The Morgan fingerprint density at radius 2 is 1.73 bits per heavy atom. The second-order valence-electron chi connectivity index (χ2n) is 5.15. The lowest BCUT2D eigenvalue weighted by molar-refractivity contribution is -0.130. The molecule has 0 aromatic carbocycles. The van der Waals surface area contributed by atoms with Crippen molar-refractivity contribution in [3.05, 3.63) is 0 Å². The van der Waals surface area contributed by atoms with Crippen LogP contribution >= 0.6 is 0 Å². The van der Waals surface area contributed by atoms with E-state index in [0.717, 1.165) is 25.9 Å². The molecule has 0 saturated carbocycles. The summed E-state index contributed by atoms with van der Waals surface area (Å²) >= 11 is 0. The summed E-state index contributed by atoms with van der Waals surface area (Å²) in [6.07, 6.45) is 1.84. The first-order chi connectivity index (χ1) is 6.98. The van der Waals surface area contributed by atoms with Crippen LogP contribution < -0.4 is 10.6 Å². The average molecular weight is 212 g/mol. The molecule has 2 N–H and O–H groups in total. The van der Waals surface area contributed by atoms with Crippen molar-refractivity contribution in [2.45, 2.75) is 52.1 Å². The van der Waals surface area contributed by atoms with Crippen LogP contribution in [0.1, 0.15) is 40.5 Å². The summed E-state index contributed by atoms with van der Waals surface area (Å²) in [5.41, 5.74) is -0.270. The molecule has 1 saturated heterocycles. The smallest absolute Gasteiger partial charge is 0.155 e. The van der Waals surface area contributed by atoms with Gasteiger partial charge < -0.3 is 10.6 Å². The van der Waals surface area contributed by atoms with Crippen molar-refractivity contribution in [1.82, 2.24) is 10.6 Å². The molecule has 3 heteroatoms. The Balaban J connectivity index is 2.79. The van der Waals surface area contributed by atoms with Crippen LogP contribution in [-0.2, 0) is 4.79 Å². The monoisotopic (exact) mass is 212 g/mol. The topological polar surface area (TPSA) is 41.1 Å². The van der Waals surface area contributed by atoms with E-state index in [9.17, 15) is 4.79 Å². The predicted molar refractivity (Wildman–Crippen MR) is 63.0 cm³/mol.